The van der Waals surface area contributed by atoms with Crippen molar-refractivity contribution in [3.05, 3.63) is 60.2 Å². The van der Waals surface area contributed by atoms with Crippen LogP contribution in [0, 0.1) is 0 Å². The van der Waals surface area contributed by atoms with Gasteiger partial charge < -0.3 is 10.2 Å². The third-order valence-corrected chi connectivity index (χ3v) is 5.44. The first kappa shape index (κ1) is 16.7. The SMILES string of the molecule is CNCC(c1ccc(S(=O)(=O)c2ccccc2)cc1)N(C)C. The summed E-state index contributed by atoms with van der Waals surface area (Å²) in [5.74, 6) is 0. The molecule has 2 aromatic carbocycles. The van der Waals surface area contributed by atoms with Gasteiger partial charge in [-0.05, 0) is 51.0 Å². The molecule has 0 aliphatic carbocycles. The smallest absolute Gasteiger partial charge is 0.206 e. The summed E-state index contributed by atoms with van der Waals surface area (Å²) in [6, 6.07) is 15.9. The Balaban J connectivity index is 2.33. The van der Waals surface area contributed by atoms with Gasteiger partial charge in [0.2, 0.25) is 9.84 Å². The second-order valence-electron chi connectivity index (χ2n) is 5.42. The lowest BCUT2D eigenvalue weighted by Crippen LogP contribution is -2.29. The van der Waals surface area contributed by atoms with Gasteiger partial charge in [0, 0.05) is 12.6 Å². The second-order valence-corrected chi connectivity index (χ2v) is 7.37. The third-order valence-electron chi connectivity index (χ3n) is 3.65. The summed E-state index contributed by atoms with van der Waals surface area (Å²) in [5.41, 5.74) is 1.09. The molecule has 0 aliphatic heterocycles. The molecule has 0 spiro atoms. The number of benzene rings is 2. The molecule has 0 fully saturated rings. The molecule has 0 saturated heterocycles. The van der Waals surface area contributed by atoms with Crippen molar-refractivity contribution in [3.63, 3.8) is 0 Å². The van der Waals surface area contributed by atoms with Crippen molar-refractivity contribution >= 4 is 9.84 Å². The monoisotopic (exact) mass is 318 g/mol. The number of rotatable bonds is 6. The lowest BCUT2D eigenvalue weighted by atomic mass is 10.1. The first-order chi connectivity index (χ1) is 10.5. The molecule has 2 aromatic rings. The van der Waals surface area contributed by atoms with Crippen LogP contribution < -0.4 is 5.32 Å². The van der Waals surface area contributed by atoms with E-state index in [4.69, 9.17) is 0 Å². The van der Waals surface area contributed by atoms with Crippen LogP contribution in [-0.4, -0.2) is 41.0 Å². The summed E-state index contributed by atoms with van der Waals surface area (Å²) >= 11 is 0. The highest BCUT2D eigenvalue weighted by atomic mass is 32.2. The van der Waals surface area contributed by atoms with E-state index in [1.54, 1.807) is 36.4 Å². The first-order valence-corrected chi connectivity index (χ1v) is 8.66. The Labute approximate surface area is 132 Å². The standard InChI is InChI=1S/C17H22N2O2S/c1-18-13-17(19(2)3)14-9-11-16(12-10-14)22(20,21)15-7-5-4-6-8-15/h4-12,17-18H,13H2,1-3H3. The van der Waals surface area contributed by atoms with Crippen LogP contribution >= 0.6 is 0 Å². The minimum absolute atomic E-state index is 0.207. The number of nitrogens with one attached hydrogen (secondary N) is 1. The number of hydrogen-bond donors (Lipinski definition) is 1. The number of nitrogens with zero attached hydrogens (tertiary/aromatic N) is 1. The third kappa shape index (κ3) is 3.55. The summed E-state index contributed by atoms with van der Waals surface area (Å²) in [5, 5.41) is 3.16. The zero-order valence-electron chi connectivity index (χ0n) is 13.2. The largest absolute Gasteiger partial charge is 0.318 e. The zero-order valence-corrected chi connectivity index (χ0v) is 14.0. The predicted molar refractivity (Wildman–Crippen MR) is 88.7 cm³/mol. The molecule has 0 saturated carbocycles. The lowest BCUT2D eigenvalue weighted by Gasteiger charge is -2.24. The predicted octanol–water partition coefficient (Wildman–Crippen LogP) is 2.34. The Hall–Kier alpha value is -1.69. The molecule has 2 rings (SSSR count). The van der Waals surface area contributed by atoms with E-state index in [-0.39, 0.29) is 6.04 Å². The van der Waals surface area contributed by atoms with Crippen molar-refractivity contribution in [2.45, 2.75) is 15.8 Å². The molecule has 1 N–H and O–H groups in total. The van der Waals surface area contributed by atoms with Gasteiger partial charge in [-0.2, -0.15) is 0 Å². The normalized spacial score (nSPS) is 13.3. The highest BCUT2D eigenvalue weighted by molar-refractivity contribution is 7.91. The minimum Gasteiger partial charge on any atom is -0.318 e. The Kier molecular flexibility index (Phi) is 5.34. The number of sulfone groups is 1. The maximum atomic E-state index is 12.6. The molecule has 0 radical (unpaired) electrons. The van der Waals surface area contributed by atoms with E-state index in [1.165, 1.54) is 0 Å². The molecule has 0 bridgehead atoms. The van der Waals surface area contributed by atoms with Gasteiger partial charge >= 0.3 is 0 Å². The molecule has 4 nitrogen and oxygen atoms in total. The molecule has 0 heterocycles. The molecule has 22 heavy (non-hydrogen) atoms. The molecular formula is C17H22N2O2S. The van der Waals surface area contributed by atoms with Gasteiger partial charge in [0.1, 0.15) is 0 Å². The van der Waals surface area contributed by atoms with Gasteiger partial charge in [0.05, 0.1) is 9.79 Å². The lowest BCUT2D eigenvalue weighted by molar-refractivity contribution is 0.294. The van der Waals surface area contributed by atoms with E-state index in [1.807, 2.05) is 39.3 Å². The van der Waals surface area contributed by atoms with Crippen molar-refractivity contribution in [3.8, 4) is 0 Å². The van der Waals surface area contributed by atoms with Crippen LogP contribution in [0.1, 0.15) is 11.6 Å². The fourth-order valence-corrected chi connectivity index (χ4v) is 3.68. The van der Waals surface area contributed by atoms with Gasteiger partial charge in [0.25, 0.3) is 0 Å². The summed E-state index contributed by atoms with van der Waals surface area (Å²) in [7, 11) is 2.49. The Morgan fingerprint density at radius 2 is 1.50 bits per heavy atom. The van der Waals surface area contributed by atoms with Gasteiger partial charge in [-0.15, -0.1) is 0 Å². The van der Waals surface area contributed by atoms with Crippen LogP contribution in [0.3, 0.4) is 0 Å². The van der Waals surface area contributed by atoms with E-state index in [0.29, 0.717) is 9.79 Å². The fraction of sp³-hybridized carbons (Fsp3) is 0.294. The van der Waals surface area contributed by atoms with Gasteiger partial charge in [-0.3, -0.25) is 0 Å². The molecule has 118 valence electrons. The van der Waals surface area contributed by atoms with Crippen molar-refractivity contribution in [1.29, 1.82) is 0 Å². The molecule has 1 unspecified atom stereocenters. The van der Waals surface area contributed by atoms with Crippen LogP contribution in [-0.2, 0) is 9.84 Å². The first-order valence-electron chi connectivity index (χ1n) is 7.18. The maximum Gasteiger partial charge on any atom is 0.206 e. The summed E-state index contributed by atoms with van der Waals surface area (Å²) in [6.07, 6.45) is 0. The minimum atomic E-state index is -3.44. The number of hydrogen-bond acceptors (Lipinski definition) is 4. The molecular weight excluding hydrogens is 296 g/mol. The van der Waals surface area contributed by atoms with Crippen molar-refractivity contribution in [2.24, 2.45) is 0 Å². The van der Waals surface area contributed by atoms with Crippen LogP contribution in [0.5, 0.6) is 0 Å². The molecule has 0 aliphatic rings. The van der Waals surface area contributed by atoms with Crippen LogP contribution in [0.4, 0.5) is 0 Å². The van der Waals surface area contributed by atoms with Crippen molar-refractivity contribution in [2.75, 3.05) is 27.7 Å². The zero-order chi connectivity index (χ0) is 16.2. The maximum absolute atomic E-state index is 12.6. The van der Waals surface area contributed by atoms with E-state index < -0.39 is 9.84 Å². The fourth-order valence-electron chi connectivity index (χ4n) is 2.40. The number of likely N-dealkylation sites (N-methyl/N-ethyl adjacent to an activating group) is 2. The second kappa shape index (κ2) is 7.05. The van der Waals surface area contributed by atoms with E-state index >= 15 is 0 Å². The van der Waals surface area contributed by atoms with E-state index in [0.717, 1.165) is 12.1 Å². The molecule has 0 amide bonds. The Morgan fingerprint density at radius 1 is 0.955 bits per heavy atom. The van der Waals surface area contributed by atoms with Crippen LogP contribution in [0.2, 0.25) is 0 Å². The average Bonchev–Trinajstić information content (AvgIpc) is 2.53. The average molecular weight is 318 g/mol. The topological polar surface area (TPSA) is 49.4 Å². The van der Waals surface area contributed by atoms with Gasteiger partial charge in [-0.25, -0.2) is 8.42 Å². The van der Waals surface area contributed by atoms with Gasteiger partial charge in [0.15, 0.2) is 0 Å². The summed E-state index contributed by atoms with van der Waals surface area (Å²) in [4.78, 5) is 2.75. The summed E-state index contributed by atoms with van der Waals surface area (Å²) < 4.78 is 25.1. The molecule has 1 atom stereocenters. The van der Waals surface area contributed by atoms with E-state index in [2.05, 4.69) is 10.2 Å². The quantitative estimate of drug-likeness (QED) is 0.888. The highest BCUT2D eigenvalue weighted by Gasteiger charge is 2.18. The van der Waals surface area contributed by atoms with Crippen LogP contribution in [0.15, 0.2) is 64.4 Å². The van der Waals surface area contributed by atoms with Gasteiger partial charge in [-0.1, -0.05) is 30.3 Å². The van der Waals surface area contributed by atoms with Crippen molar-refractivity contribution in [1.82, 2.24) is 10.2 Å². The highest BCUT2D eigenvalue weighted by Crippen LogP contribution is 2.24. The Bertz CT molecular complexity index is 695. The van der Waals surface area contributed by atoms with E-state index in [9.17, 15) is 8.42 Å². The van der Waals surface area contributed by atoms with Crippen LogP contribution in [0.25, 0.3) is 0 Å². The Morgan fingerprint density at radius 3 is 2.00 bits per heavy atom. The summed E-state index contributed by atoms with van der Waals surface area (Å²) in [6.45, 7) is 0.803. The molecule has 0 aromatic heterocycles. The molecule has 5 heteroatoms. The van der Waals surface area contributed by atoms with Crippen molar-refractivity contribution < 1.29 is 8.42 Å².